The Hall–Kier alpha value is -0.860. The molecule has 15 heavy (non-hydrogen) atoms. The largest absolute Gasteiger partial charge is 0.342 e. The predicted molar refractivity (Wildman–Crippen MR) is 57.4 cm³/mol. The molecule has 2 saturated carbocycles. The fourth-order valence-electron chi connectivity index (χ4n) is 2.30. The van der Waals surface area contributed by atoms with Crippen molar-refractivity contribution < 1.29 is 9.59 Å². The summed E-state index contributed by atoms with van der Waals surface area (Å²) in [6.45, 7) is 2.04. The molecule has 0 atom stereocenters. The molecule has 0 radical (unpaired) electrons. The molecule has 0 aromatic carbocycles. The van der Waals surface area contributed by atoms with E-state index in [9.17, 15) is 9.59 Å². The van der Waals surface area contributed by atoms with E-state index in [1.54, 1.807) is 0 Å². The fraction of sp³-hybridized carbons (Fsp3) is 0.833. The molecule has 2 fully saturated rings. The Bertz CT molecular complexity index is 284. The lowest BCUT2D eigenvalue weighted by atomic mass is 9.92. The van der Waals surface area contributed by atoms with Crippen molar-refractivity contribution in [2.24, 2.45) is 5.41 Å². The third-order valence-electron chi connectivity index (χ3n) is 3.90. The number of ketones is 1. The van der Waals surface area contributed by atoms with Crippen LogP contribution in [0.5, 0.6) is 0 Å². The lowest BCUT2D eigenvalue weighted by Crippen LogP contribution is -2.42. The Morgan fingerprint density at radius 1 is 1.33 bits per heavy atom. The van der Waals surface area contributed by atoms with Crippen molar-refractivity contribution in [3.8, 4) is 0 Å². The summed E-state index contributed by atoms with van der Waals surface area (Å²) < 4.78 is 0. The second-order valence-electron chi connectivity index (χ2n) is 5.25. The van der Waals surface area contributed by atoms with Crippen LogP contribution in [0.1, 0.15) is 45.4 Å². The summed E-state index contributed by atoms with van der Waals surface area (Å²) in [7, 11) is 1.90. The van der Waals surface area contributed by atoms with E-state index in [1.165, 1.54) is 0 Å². The summed E-state index contributed by atoms with van der Waals surface area (Å²) in [5.41, 5.74) is -0.0732. The molecule has 0 aliphatic heterocycles. The highest BCUT2D eigenvalue weighted by atomic mass is 16.2. The van der Waals surface area contributed by atoms with Crippen LogP contribution in [-0.4, -0.2) is 29.7 Å². The van der Waals surface area contributed by atoms with Crippen LogP contribution in [0.2, 0.25) is 0 Å². The number of nitrogens with zero attached hydrogens (tertiary/aromatic N) is 1. The molecule has 0 bridgehead atoms. The van der Waals surface area contributed by atoms with Crippen LogP contribution in [0.25, 0.3) is 0 Å². The van der Waals surface area contributed by atoms with E-state index in [4.69, 9.17) is 0 Å². The number of amides is 1. The molecular weight excluding hydrogens is 190 g/mol. The number of hydrogen-bond donors (Lipinski definition) is 0. The molecule has 3 nitrogen and oxygen atoms in total. The monoisotopic (exact) mass is 209 g/mol. The first-order valence-electron chi connectivity index (χ1n) is 5.82. The maximum atomic E-state index is 12.0. The number of carbonyl (C=O) groups excluding carboxylic acids is 2. The van der Waals surface area contributed by atoms with E-state index in [0.717, 1.165) is 25.7 Å². The van der Waals surface area contributed by atoms with Crippen LogP contribution in [0, 0.1) is 5.41 Å². The smallest absolute Gasteiger partial charge is 0.228 e. The van der Waals surface area contributed by atoms with Gasteiger partial charge in [0.2, 0.25) is 5.91 Å². The topological polar surface area (TPSA) is 37.4 Å². The molecule has 1 amide bonds. The van der Waals surface area contributed by atoms with Crippen molar-refractivity contribution >= 4 is 11.7 Å². The van der Waals surface area contributed by atoms with Crippen LogP contribution in [0.15, 0.2) is 0 Å². The molecule has 2 rings (SSSR count). The average Bonchev–Trinajstić information content (AvgIpc) is 2.97. The molecule has 0 heterocycles. The van der Waals surface area contributed by atoms with E-state index in [0.29, 0.717) is 24.7 Å². The average molecular weight is 209 g/mol. The summed E-state index contributed by atoms with van der Waals surface area (Å²) in [5, 5.41) is 0. The number of hydrogen-bond acceptors (Lipinski definition) is 2. The molecule has 0 spiro atoms. The highest BCUT2D eigenvalue weighted by molar-refractivity contribution is 5.85. The quantitative estimate of drug-likeness (QED) is 0.695. The zero-order valence-electron chi connectivity index (χ0n) is 9.58. The molecule has 2 aliphatic rings. The lowest BCUT2D eigenvalue weighted by Gasteiger charge is -2.32. The first kappa shape index (κ1) is 10.7. The van der Waals surface area contributed by atoms with Crippen LogP contribution in [-0.2, 0) is 9.59 Å². The highest BCUT2D eigenvalue weighted by Crippen LogP contribution is 2.46. The van der Waals surface area contributed by atoms with Crippen molar-refractivity contribution in [1.29, 1.82) is 0 Å². The SMILES string of the molecule is CN(C(=O)C1(C)CC1)C1CCC(=O)CC1. The van der Waals surface area contributed by atoms with Gasteiger partial charge in [0.15, 0.2) is 0 Å². The zero-order valence-corrected chi connectivity index (χ0v) is 9.58. The maximum Gasteiger partial charge on any atom is 0.228 e. The third-order valence-corrected chi connectivity index (χ3v) is 3.90. The fourth-order valence-corrected chi connectivity index (χ4v) is 2.30. The summed E-state index contributed by atoms with van der Waals surface area (Å²) in [6.07, 6.45) is 5.08. The van der Waals surface area contributed by atoms with E-state index in [1.807, 2.05) is 18.9 Å². The third kappa shape index (κ3) is 2.06. The molecule has 0 unspecified atom stereocenters. The Kier molecular flexibility index (Phi) is 2.57. The van der Waals surface area contributed by atoms with Gasteiger partial charge < -0.3 is 4.90 Å². The first-order valence-corrected chi connectivity index (χ1v) is 5.82. The highest BCUT2D eigenvalue weighted by Gasteiger charge is 2.47. The summed E-state index contributed by atoms with van der Waals surface area (Å²) in [5.74, 6) is 0.631. The molecule has 84 valence electrons. The summed E-state index contributed by atoms with van der Waals surface area (Å²) in [6, 6.07) is 0.299. The Morgan fingerprint density at radius 3 is 2.33 bits per heavy atom. The summed E-state index contributed by atoms with van der Waals surface area (Å²) in [4.78, 5) is 25.0. The Morgan fingerprint density at radius 2 is 1.87 bits per heavy atom. The minimum atomic E-state index is -0.0732. The van der Waals surface area contributed by atoms with Crippen molar-refractivity contribution in [2.45, 2.75) is 51.5 Å². The number of carbonyl (C=O) groups is 2. The van der Waals surface area contributed by atoms with Gasteiger partial charge in [-0.15, -0.1) is 0 Å². The van der Waals surface area contributed by atoms with Crippen molar-refractivity contribution in [1.82, 2.24) is 4.90 Å². The van der Waals surface area contributed by atoms with Crippen molar-refractivity contribution in [3.63, 3.8) is 0 Å². The number of Topliss-reactive ketones (excluding diaryl/α,β-unsaturated/α-hetero) is 1. The van der Waals surface area contributed by atoms with Gasteiger partial charge in [0, 0.05) is 31.3 Å². The van der Waals surface area contributed by atoms with Crippen LogP contribution >= 0.6 is 0 Å². The van der Waals surface area contributed by atoms with Crippen molar-refractivity contribution in [2.75, 3.05) is 7.05 Å². The Labute approximate surface area is 90.8 Å². The van der Waals surface area contributed by atoms with Gasteiger partial charge in [0.1, 0.15) is 5.78 Å². The zero-order chi connectivity index (χ0) is 11.1. The van der Waals surface area contributed by atoms with Gasteiger partial charge in [-0.05, 0) is 25.7 Å². The van der Waals surface area contributed by atoms with Gasteiger partial charge >= 0.3 is 0 Å². The second kappa shape index (κ2) is 3.62. The minimum Gasteiger partial charge on any atom is -0.342 e. The molecule has 2 aliphatic carbocycles. The predicted octanol–water partition coefficient (Wildman–Crippen LogP) is 1.76. The van der Waals surface area contributed by atoms with Crippen molar-refractivity contribution in [3.05, 3.63) is 0 Å². The van der Waals surface area contributed by atoms with Crippen LogP contribution < -0.4 is 0 Å². The van der Waals surface area contributed by atoms with E-state index in [2.05, 4.69) is 0 Å². The maximum absolute atomic E-state index is 12.0. The van der Waals surface area contributed by atoms with Crippen LogP contribution in [0.4, 0.5) is 0 Å². The molecule has 0 saturated heterocycles. The van der Waals surface area contributed by atoms with Crippen LogP contribution in [0.3, 0.4) is 0 Å². The van der Waals surface area contributed by atoms with Gasteiger partial charge in [-0.25, -0.2) is 0 Å². The molecular formula is C12H19NO2. The summed E-state index contributed by atoms with van der Waals surface area (Å²) >= 11 is 0. The van der Waals surface area contributed by atoms with Gasteiger partial charge in [0.05, 0.1) is 0 Å². The molecule has 3 heteroatoms. The standard InChI is InChI=1S/C12H19NO2/c1-12(7-8-12)11(15)13(2)9-3-5-10(14)6-4-9/h9H,3-8H2,1-2H3. The Balaban J connectivity index is 1.93. The normalized spacial score (nSPS) is 25.1. The molecule has 0 N–H and O–H groups in total. The van der Waals surface area contributed by atoms with E-state index < -0.39 is 0 Å². The van der Waals surface area contributed by atoms with E-state index >= 15 is 0 Å². The molecule has 0 aromatic heterocycles. The van der Waals surface area contributed by atoms with E-state index in [-0.39, 0.29) is 11.3 Å². The van der Waals surface area contributed by atoms with Gasteiger partial charge in [-0.3, -0.25) is 9.59 Å². The first-order chi connectivity index (χ1) is 7.03. The molecule has 0 aromatic rings. The minimum absolute atomic E-state index is 0.0732. The second-order valence-corrected chi connectivity index (χ2v) is 5.25. The van der Waals surface area contributed by atoms with Gasteiger partial charge in [-0.1, -0.05) is 6.92 Å². The van der Waals surface area contributed by atoms with Gasteiger partial charge in [-0.2, -0.15) is 0 Å². The lowest BCUT2D eigenvalue weighted by molar-refractivity contribution is -0.139. The number of rotatable bonds is 2. The van der Waals surface area contributed by atoms with Gasteiger partial charge in [0.25, 0.3) is 0 Å².